The van der Waals surface area contributed by atoms with E-state index in [-0.39, 0.29) is 18.5 Å². The minimum atomic E-state index is -0.761. The molecule has 0 spiro atoms. The van der Waals surface area contributed by atoms with Crippen molar-refractivity contribution in [1.82, 2.24) is 0 Å². The van der Waals surface area contributed by atoms with Gasteiger partial charge in [0, 0.05) is 12.5 Å². The second-order valence-corrected chi connectivity index (χ2v) is 3.35. The van der Waals surface area contributed by atoms with Gasteiger partial charge in [-0.25, -0.2) is 0 Å². The summed E-state index contributed by atoms with van der Waals surface area (Å²) in [5.74, 6) is -0.645. The van der Waals surface area contributed by atoms with E-state index in [9.17, 15) is 14.7 Å². The molecule has 0 radical (unpaired) electrons. The lowest BCUT2D eigenvalue weighted by Crippen LogP contribution is -2.28. The fraction of sp³-hybridized carbons (Fsp3) is 0.556. The van der Waals surface area contributed by atoms with Gasteiger partial charge in [0.25, 0.3) is 0 Å². The summed E-state index contributed by atoms with van der Waals surface area (Å²) in [5, 5.41) is 9.38. The van der Waals surface area contributed by atoms with Crippen molar-refractivity contribution in [2.24, 2.45) is 0 Å². The zero-order chi connectivity index (χ0) is 10.3. The lowest BCUT2D eigenvalue weighted by molar-refractivity contribution is -0.140. The average Bonchev–Trinajstić information content (AvgIpc) is 2.88. The number of hydrogen-bond donors (Lipinski definition) is 1. The standard InChI is InChI=1S/C9H10O5/c1-4(10)13-3-5-2-6(11)8-9(14-8)7(5)12/h2,6,8-9,11H,3H2,1H3/t6-,8-,9+/m1/s1. The molecular weight excluding hydrogens is 188 g/mol. The molecule has 76 valence electrons. The van der Waals surface area contributed by atoms with E-state index in [1.165, 1.54) is 13.0 Å². The lowest BCUT2D eigenvalue weighted by atomic mass is 9.97. The van der Waals surface area contributed by atoms with Gasteiger partial charge in [-0.1, -0.05) is 0 Å². The second kappa shape index (κ2) is 3.18. The molecule has 0 amide bonds. The van der Waals surface area contributed by atoms with Gasteiger partial charge < -0.3 is 14.6 Å². The number of esters is 1. The number of ether oxygens (including phenoxy) is 2. The van der Waals surface area contributed by atoms with Crippen LogP contribution < -0.4 is 0 Å². The summed E-state index contributed by atoms with van der Waals surface area (Å²) in [6, 6.07) is 0. The highest BCUT2D eigenvalue weighted by atomic mass is 16.6. The number of ketones is 1. The molecule has 0 aromatic rings. The monoisotopic (exact) mass is 198 g/mol. The van der Waals surface area contributed by atoms with E-state index in [0.29, 0.717) is 5.57 Å². The van der Waals surface area contributed by atoms with Gasteiger partial charge in [-0.2, -0.15) is 0 Å². The molecule has 0 unspecified atom stereocenters. The van der Waals surface area contributed by atoms with Gasteiger partial charge in [0.05, 0.1) is 0 Å². The number of aliphatic hydroxyl groups excluding tert-OH is 1. The van der Waals surface area contributed by atoms with Gasteiger partial charge in [-0.3, -0.25) is 9.59 Å². The minimum absolute atomic E-state index is 0.0855. The van der Waals surface area contributed by atoms with Crippen molar-refractivity contribution in [1.29, 1.82) is 0 Å². The van der Waals surface area contributed by atoms with E-state index >= 15 is 0 Å². The summed E-state index contributed by atoms with van der Waals surface area (Å²) in [7, 11) is 0. The highest BCUT2D eigenvalue weighted by Crippen LogP contribution is 2.33. The number of hydrogen-bond acceptors (Lipinski definition) is 5. The van der Waals surface area contributed by atoms with Crippen LogP contribution in [0.2, 0.25) is 0 Å². The van der Waals surface area contributed by atoms with Crippen molar-refractivity contribution in [3.63, 3.8) is 0 Å². The Kier molecular flexibility index (Phi) is 2.13. The zero-order valence-corrected chi connectivity index (χ0v) is 7.60. The maximum Gasteiger partial charge on any atom is 0.302 e. The molecule has 0 aromatic carbocycles. The smallest absolute Gasteiger partial charge is 0.302 e. The topological polar surface area (TPSA) is 76.1 Å². The molecule has 1 N–H and O–H groups in total. The Hall–Kier alpha value is -1.20. The number of epoxide rings is 1. The predicted molar refractivity (Wildman–Crippen MR) is 44.4 cm³/mol. The second-order valence-electron chi connectivity index (χ2n) is 3.35. The van der Waals surface area contributed by atoms with Crippen LogP contribution in [0.3, 0.4) is 0 Å². The number of rotatable bonds is 2. The van der Waals surface area contributed by atoms with E-state index in [1.807, 2.05) is 0 Å². The van der Waals surface area contributed by atoms with E-state index in [0.717, 1.165) is 0 Å². The molecule has 1 aliphatic carbocycles. The number of aliphatic hydroxyl groups is 1. The molecule has 0 aromatic heterocycles. The molecule has 1 heterocycles. The fourth-order valence-electron chi connectivity index (χ4n) is 1.46. The normalized spacial score (nSPS) is 34.6. The van der Waals surface area contributed by atoms with Crippen LogP contribution in [-0.2, 0) is 19.1 Å². The third kappa shape index (κ3) is 1.56. The van der Waals surface area contributed by atoms with Gasteiger partial charge in [-0.05, 0) is 6.08 Å². The summed E-state index contributed by atoms with van der Waals surface area (Å²) in [6.07, 6.45) is -0.285. The lowest BCUT2D eigenvalue weighted by Gasteiger charge is -2.11. The van der Waals surface area contributed by atoms with Gasteiger partial charge in [0.2, 0.25) is 0 Å². The number of Topliss-reactive ketones (excluding diaryl/α,β-unsaturated/α-hetero) is 1. The molecule has 0 saturated carbocycles. The number of fused-ring (bicyclic) bond motifs is 1. The van der Waals surface area contributed by atoms with E-state index in [4.69, 9.17) is 4.74 Å². The van der Waals surface area contributed by atoms with Crippen molar-refractivity contribution in [2.75, 3.05) is 6.61 Å². The van der Waals surface area contributed by atoms with Gasteiger partial charge in [-0.15, -0.1) is 0 Å². The molecular formula is C9H10O5. The maximum absolute atomic E-state index is 11.4. The fourth-order valence-corrected chi connectivity index (χ4v) is 1.46. The van der Waals surface area contributed by atoms with Crippen LogP contribution in [0.15, 0.2) is 11.6 Å². The van der Waals surface area contributed by atoms with Gasteiger partial charge in [0.1, 0.15) is 24.9 Å². The highest BCUT2D eigenvalue weighted by Gasteiger charge is 2.52. The Morgan fingerprint density at radius 1 is 1.71 bits per heavy atom. The molecule has 5 heteroatoms. The summed E-state index contributed by atoms with van der Waals surface area (Å²) < 4.78 is 9.62. The summed E-state index contributed by atoms with van der Waals surface area (Å²) >= 11 is 0. The molecule has 5 nitrogen and oxygen atoms in total. The van der Waals surface area contributed by atoms with E-state index in [2.05, 4.69) is 4.74 Å². The minimum Gasteiger partial charge on any atom is -0.461 e. The largest absolute Gasteiger partial charge is 0.461 e. The Morgan fingerprint density at radius 3 is 3.07 bits per heavy atom. The van der Waals surface area contributed by atoms with Crippen molar-refractivity contribution < 1.29 is 24.2 Å². The van der Waals surface area contributed by atoms with Gasteiger partial charge >= 0.3 is 5.97 Å². The molecule has 2 rings (SSSR count). The predicted octanol–water partition coefficient (Wildman–Crippen LogP) is -0.813. The van der Waals surface area contributed by atoms with Crippen LogP contribution in [-0.4, -0.2) is 41.8 Å². The first-order valence-electron chi connectivity index (χ1n) is 4.31. The van der Waals surface area contributed by atoms with Crippen molar-refractivity contribution >= 4 is 11.8 Å². The third-order valence-electron chi connectivity index (χ3n) is 2.24. The van der Waals surface area contributed by atoms with Crippen LogP contribution >= 0.6 is 0 Å². The first-order chi connectivity index (χ1) is 6.59. The number of carbonyl (C=O) groups is 2. The summed E-state index contributed by atoms with van der Waals surface area (Å²) in [6.45, 7) is 1.18. The molecule has 3 atom stereocenters. The summed E-state index contributed by atoms with van der Waals surface area (Å²) in [5.41, 5.74) is 0.312. The maximum atomic E-state index is 11.4. The zero-order valence-electron chi connectivity index (χ0n) is 7.60. The molecule has 14 heavy (non-hydrogen) atoms. The van der Waals surface area contributed by atoms with E-state index in [1.54, 1.807) is 0 Å². The third-order valence-corrected chi connectivity index (χ3v) is 2.24. The van der Waals surface area contributed by atoms with Crippen LogP contribution in [0.4, 0.5) is 0 Å². The Bertz CT molecular complexity index is 319. The van der Waals surface area contributed by atoms with E-state index < -0.39 is 18.2 Å². The summed E-state index contributed by atoms with van der Waals surface area (Å²) in [4.78, 5) is 21.9. The van der Waals surface area contributed by atoms with Crippen molar-refractivity contribution in [3.8, 4) is 0 Å². The van der Waals surface area contributed by atoms with Crippen LogP contribution in [0.5, 0.6) is 0 Å². The first-order valence-corrected chi connectivity index (χ1v) is 4.31. The van der Waals surface area contributed by atoms with Crippen molar-refractivity contribution in [3.05, 3.63) is 11.6 Å². The average molecular weight is 198 g/mol. The molecule has 2 aliphatic rings. The van der Waals surface area contributed by atoms with Gasteiger partial charge in [0.15, 0.2) is 5.78 Å². The molecule has 1 fully saturated rings. The van der Waals surface area contributed by atoms with Crippen LogP contribution in [0.1, 0.15) is 6.92 Å². The Morgan fingerprint density at radius 2 is 2.43 bits per heavy atom. The van der Waals surface area contributed by atoms with Crippen LogP contribution in [0.25, 0.3) is 0 Å². The Labute approximate surface area is 80.3 Å². The van der Waals surface area contributed by atoms with Crippen molar-refractivity contribution in [2.45, 2.75) is 25.2 Å². The quantitative estimate of drug-likeness (QED) is 0.463. The SMILES string of the molecule is CC(=O)OCC1=C[C@@H](O)[C@H]2O[C@H]2C1=O. The Balaban J connectivity index is 2.03. The van der Waals surface area contributed by atoms with Crippen LogP contribution in [0, 0.1) is 0 Å². The first kappa shape index (κ1) is 9.36. The molecule has 0 bridgehead atoms. The molecule has 1 aliphatic heterocycles. The number of carbonyl (C=O) groups excluding carboxylic acids is 2. The molecule has 1 saturated heterocycles. The highest BCUT2D eigenvalue weighted by molar-refractivity contribution is 6.02.